The van der Waals surface area contributed by atoms with Crippen molar-refractivity contribution < 1.29 is 4.79 Å². The van der Waals surface area contributed by atoms with Gasteiger partial charge in [-0.3, -0.25) is 4.79 Å². The first-order valence-electron chi connectivity index (χ1n) is 6.04. The van der Waals surface area contributed by atoms with Crippen molar-refractivity contribution >= 4 is 5.91 Å². The lowest BCUT2D eigenvalue weighted by atomic mass is 10.2. The standard InChI is InChI=1S/C13H20N2O/c1-10-6-7-11(2)15(10)12(3)13(16)14-8-4-5-9-14/h6-7,12H,4-5,8-9H2,1-3H3. The zero-order valence-electron chi connectivity index (χ0n) is 10.4. The van der Waals surface area contributed by atoms with Gasteiger partial charge in [0.25, 0.3) is 0 Å². The highest BCUT2D eigenvalue weighted by atomic mass is 16.2. The Morgan fingerprint density at radius 1 is 1.19 bits per heavy atom. The van der Waals surface area contributed by atoms with Gasteiger partial charge >= 0.3 is 0 Å². The zero-order valence-corrected chi connectivity index (χ0v) is 10.4. The molecule has 3 nitrogen and oxygen atoms in total. The van der Waals surface area contributed by atoms with Crippen LogP contribution in [-0.4, -0.2) is 28.5 Å². The summed E-state index contributed by atoms with van der Waals surface area (Å²) >= 11 is 0. The van der Waals surface area contributed by atoms with E-state index in [0.29, 0.717) is 0 Å². The molecule has 0 radical (unpaired) electrons. The number of rotatable bonds is 2. The number of amides is 1. The van der Waals surface area contributed by atoms with Crippen molar-refractivity contribution in [2.24, 2.45) is 0 Å². The maximum atomic E-state index is 12.3. The monoisotopic (exact) mass is 220 g/mol. The highest BCUT2D eigenvalue weighted by Gasteiger charge is 2.25. The summed E-state index contributed by atoms with van der Waals surface area (Å²) < 4.78 is 2.13. The van der Waals surface area contributed by atoms with E-state index in [1.807, 2.05) is 11.8 Å². The van der Waals surface area contributed by atoms with Crippen LogP contribution in [0.5, 0.6) is 0 Å². The van der Waals surface area contributed by atoms with Gasteiger partial charge in [0.05, 0.1) is 0 Å². The predicted octanol–water partition coefficient (Wildman–Crippen LogP) is 2.29. The normalized spacial score (nSPS) is 17.8. The Balaban J connectivity index is 2.18. The Labute approximate surface area is 97.1 Å². The molecule has 1 fully saturated rings. The molecule has 0 N–H and O–H groups in total. The second kappa shape index (κ2) is 4.32. The number of aryl methyl sites for hydroxylation is 2. The van der Waals surface area contributed by atoms with E-state index in [2.05, 4.69) is 30.5 Å². The molecule has 0 aliphatic carbocycles. The molecule has 1 unspecified atom stereocenters. The zero-order chi connectivity index (χ0) is 11.7. The minimum atomic E-state index is -0.0619. The Bertz CT molecular complexity index is 369. The second-order valence-electron chi connectivity index (χ2n) is 4.69. The molecule has 0 aromatic carbocycles. The van der Waals surface area contributed by atoms with E-state index < -0.39 is 0 Å². The van der Waals surface area contributed by atoms with Crippen LogP contribution in [0.15, 0.2) is 12.1 Å². The van der Waals surface area contributed by atoms with Crippen molar-refractivity contribution in [2.75, 3.05) is 13.1 Å². The lowest BCUT2D eigenvalue weighted by Gasteiger charge is -2.23. The molecular weight excluding hydrogens is 200 g/mol. The van der Waals surface area contributed by atoms with E-state index in [0.717, 1.165) is 37.3 Å². The fraction of sp³-hybridized carbons (Fsp3) is 0.615. The van der Waals surface area contributed by atoms with Crippen molar-refractivity contribution in [2.45, 2.75) is 39.7 Å². The topological polar surface area (TPSA) is 25.2 Å². The van der Waals surface area contributed by atoms with E-state index in [1.165, 1.54) is 0 Å². The van der Waals surface area contributed by atoms with E-state index >= 15 is 0 Å². The molecule has 3 heteroatoms. The third-order valence-electron chi connectivity index (χ3n) is 3.49. The van der Waals surface area contributed by atoms with Crippen molar-refractivity contribution in [3.63, 3.8) is 0 Å². The van der Waals surface area contributed by atoms with Gasteiger partial charge in [0.1, 0.15) is 6.04 Å². The molecule has 2 heterocycles. The molecule has 1 aliphatic heterocycles. The van der Waals surface area contributed by atoms with Gasteiger partial charge in [0, 0.05) is 24.5 Å². The van der Waals surface area contributed by atoms with Crippen LogP contribution in [0.25, 0.3) is 0 Å². The van der Waals surface area contributed by atoms with Crippen molar-refractivity contribution in [3.05, 3.63) is 23.5 Å². The van der Waals surface area contributed by atoms with Gasteiger partial charge in [0.2, 0.25) is 5.91 Å². The van der Waals surface area contributed by atoms with E-state index in [9.17, 15) is 4.79 Å². The molecule has 1 aromatic heterocycles. The Morgan fingerprint density at radius 2 is 1.69 bits per heavy atom. The number of carbonyl (C=O) groups excluding carboxylic acids is 1. The molecule has 1 atom stereocenters. The molecule has 88 valence electrons. The molecular formula is C13H20N2O. The van der Waals surface area contributed by atoms with Gasteiger partial charge in [0.15, 0.2) is 0 Å². The summed E-state index contributed by atoms with van der Waals surface area (Å²) in [4.78, 5) is 14.2. The van der Waals surface area contributed by atoms with Crippen molar-refractivity contribution in [1.82, 2.24) is 9.47 Å². The lowest BCUT2D eigenvalue weighted by Crippen LogP contribution is -2.34. The largest absolute Gasteiger partial charge is 0.341 e. The number of nitrogens with zero attached hydrogens (tertiary/aromatic N) is 2. The van der Waals surface area contributed by atoms with Crippen LogP contribution in [0, 0.1) is 13.8 Å². The van der Waals surface area contributed by atoms with Gasteiger partial charge in [-0.15, -0.1) is 0 Å². The fourth-order valence-corrected chi connectivity index (χ4v) is 2.60. The average molecular weight is 220 g/mol. The van der Waals surface area contributed by atoms with Crippen LogP contribution in [0.3, 0.4) is 0 Å². The number of hydrogen-bond acceptors (Lipinski definition) is 1. The summed E-state index contributed by atoms with van der Waals surface area (Å²) in [7, 11) is 0. The smallest absolute Gasteiger partial charge is 0.245 e. The van der Waals surface area contributed by atoms with E-state index in [1.54, 1.807) is 0 Å². The molecule has 2 rings (SSSR count). The van der Waals surface area contributed by atoms with Crippen molar-refractivity contribution in [1.29, 1.82) is 0 Å². The average Bonchev–Trinajstić information content (AvgIpc) is 2.87. The third-order valence-corrected chi connectivity index (χ3v) is 3.49. The first-order chi connectivity index (χ1) is 7.61. The van der Waals surface area contributed by atoms with Gasteiger partial charge in [-0.05, 0) is 45.7 Å². The minimum absolute atomic E-state index is 0.0619. The molecule has 0 spiro atoms. The lowest BCUT2D eigenvalue weighted by molar-refractivity contribution is -0.133. The third kappa shape index (κ3) is 1.86. The quantitative estimate of drug-likeness (QED) is 0.750. The van der Waals surface area contributed by atoms with Gasteiger partial charge < -0.3 is 9.47 Å². The summed E-state index contributed by atoms with van der Waals surface area (Å²) in [6, 6.07) is 4.08. The summed E-state index contributed by atoms with van der Waals surface area (Å²) in [6.45, 7) is 7.98. The van der Waals surface area contributed by atoms with Crippen LogP contribution in [-0.2, 0) is 4.79 Å². The van der Waals surface area contributed by atoms with Crippen LogP contribution >= 0.6 is 0 Å². The van der Waals surface area contributed by atoms with Crippen molar-refractivity contribution in [3.8, 4) is 0 Å². The maximum Gasteiger partial charge on any atom is 0.245 e. The van der Waals surface area contributed by atoms with Crippen LogP contribution in [0.1, 0.15) is 37.2 Å². The maximum absolute atomic E-state index is 12.3. The van der Waals surface area contributed by atoms with E-state index in [-0.39, 0.29) is 11.9 Å². The number of carbonyl (C=O) groups is 1. The first-order valence-corrected chi connectivity index (χ1v) is 6.04. The molecule has 16 heavy (non-hydrogen) atoms. The highest BCUT2D eigenvalue weighted by molar-refractivity contribution is 5.80. The Kier molecular flexibility index (Phi) is 3.03. The number of hydrogen-bond donors (Lipinski definition) is 0. The van der Waals surface area contributed by atoms with Crippen LogP contribution < -0.4 is 0 Å². The van der Waals surface area contributed by atoms with Crippen LogP contribution in [0.2, 0.25) is 0 Å². The first kappa shape index (κ1) is 11.2. The summed E-state index contributed by atoms with van der Waals surface area (Å²) in [6.07, 6.45) is 2.31. The Hall–Kier alpha value is -1.25. The summed E-state index contributed by atoms with van der Waals surface area (Å²) in [5, 5.41) is 0. The van der Waals surface area contributed by atoms with Gasteiger partial charge in [-0.25, -0.2) is 0 Å². The number of aromatic nitrogens is 1. The van der Waals surface area contributed by atoms with E-state index in [4.69, 9.17) is 0 Å². The Morgan fingerprint density at radius 3 is 2.19 bits per heavy atom. The summed E-state index contributed by atoms with van der Waals surface area (Å²) in [5.74, 6) is 0.264. The SMILES string of the molecule is Cc1ccc(C)n1C(C)C(=O)N1CCCC1. The molecule has 0 bridgehead atoms. The van der Waals surface area contributed by atoms with Gasteiger partial charge in [-0.2, -0.15) is 0 Å². The highest BCUT2D eigenvalue weighted by Crippen LogP contribution is 2.20. The molecule has 1 aliphatic rings. The number of likely N-dealkylation sites (tertiary alicyclic amines) is 1. The fourth-order valence-electron chi connectivity index (χ4n) is 2.60. The van der Waals surface area contributed by atoms with Crippen LogP contribution in [0.4, 0.5) is 0 Å². The molecule has 0 saturated carbocycles. The predicted molar refractivity (Wildman–Crippen MR) is 64.4 cm³/mol. The van der Waals surface area contributed by atoms with Gasteiger partial charge in [-0.1, -0.05) is 0 Å². The minimum Gasteiger partial charge on any atom is -0.341 e. The molecule has 1 amide bonds. The molecule has 1 aromatic rings. The molecule has 1 saturated heterocycles. The summed E-state index contributed by atoms with van der Waals surface area (Å²) in [5.41, 5.74) is 2.33. The second-order valence-corrected chi connectivity index (χ2v) is 4.69.